The van der Waals surface area contributed by atoms with Gasteiger partial charge in [-0.25, -0.2) is 4.39 Å². The summed E-state index contributed by atoms with van der Waals surface area (Å²) in [4.78, 5) is 27.7. The number of amides is 2. The monoisotopic (exact) mass is 415 g/mol. The summed E-state index contributed by atoms with van der Waals surface area (Å²) in [5.74, 6) is -1.57. The van der Waals surface area contributed by atoms with E-state index in [9.17, 15) is 14.0 Å². The Morgan fingerprint density at radius 1 is 1.10 bits per heavy atom. The van der Waals surface area contributed by atoms with Gasteiger partial charge in [0.1, 0.15) is 5.82 Å². The number of anilines is 1. The van der Waals surface area contributed by atoms with Crippen molar-refractivity contribution >= 4 is 29.3 Å². The molecule has 1 fully saturated rings. The van der Waals surface area contributed by atoms with Crippen molar-refractivity contribution in [3.05, 3.63) is 59.9 Å². The summed E-state index contributed by atoms with van der Waals surface area (Å²) in [6, 6.07) is 13.9. The second-order valence-corrected chi connectivity index (χ2v) is 8.05. The van der Waals surface area contributed by atoms with Gasteiger partial charge in [-0.1, -0.05) is 24.3 Å². The lowest BCUT2D eigenvalue weighted by molar-refractivity contribution is -0.136. The number of carbonyl (C=O) groups excluding carboxylic acids is 2. The van der Waals surface area contributed by atoms with E-state index in [-0.39, 0.29) is 5.69 Å². The number of halogens is 1. The number of thioether (sulfide) groups is 1. The molecule has 0 spiro atoms. The predicted octanol–water partition coefficient (Wildman–Crippen LogP) is 3.51. The van der Waals surface area contributed by atoms with Crippen LogP contribution in [0.2, 0.25) is 0 Å². The average Bonchev–Trinajstić information content (AvgIpc) is 2.73. The van der Waals surface area contributed by atoms with Gasteiger partial charge in [-0.3, -0.25) is 14.5 Å². The molecule has 5 nitrogen and oxygen atoms in total. The van der Waals surface area contributed by atoms with Crippen LogP contribution in [0.3, 0.4) is 0 Å². The highest BCUT2D eigenvalue weighted by Crippen LogP contribution is 2.24. The molecule has 0 unspecified atom stereocenters. The van der Waals surface area contributed by atoms with Crippen LogP contribution >= 0.6 is 11.8 Å². The fourth-order valence-electron chi connectivity index (χ4n) is 3.49. The lowest BCUT2D eigenvalue weighted by Gasteiger charge is -2.32. The third kappa shape index (κ3) is 6.30. The first-order chi connectivity index (χ1) is 14.0. The number of nitrogens with one attached hydrogen (secondary N) is 2. The lowest BCUT2D eigenvalue weighted by atomic mass is 9.96. The van der Waals surface area contributed by atoms with E-state index in [1.165, 1.54) is 28.7 Å². The topological polar surface area (TPSA) is 61.4 Å². The number of hydrogen-bond acceptors (Lipinski definition) is 4. The maximum Gasteiger partial charge on any atom is 0.313 e. The Hall–Kier alpha value is -2.38. The Morgan fingerprint density at radius 3 is 2.59 bits per heavy atom. The molecular formula is C22H26FN3O2S. The maximum absolute atomic E-state index is 13.2. The van der Waals surface area contributed by atoms with E-state index in [0.717, 1.165) is 32.5 Å². The van der Waals surface area contributed by atoms with Gasteiger partial charge in [0.15, 0.2) is 0 Å². The van der Waals surface area contributed by atoms with Crippen molar-refractivity contribution < 1.29 is 14.0 Å². The zero-order valence-corrected chi connectivity index (χ0v) is 17.3. The Kier molecular flexibility index (Phi) is 7.66. The highest BCUT2D eigenvalue weighted by atomic mass is 32.2. The number of likely N-dealkylation sites (tertiary alicyclic amines) is 1. The van der Waals surface area contributed by atoms with Crippen LogP contribution in [0.5, 0.6) is 0 Å². The summed E-state index contributed by atoms with van der Waals surface area (Å²) >= 11 is 1.77. The Balaban J connectivity index is 1.40. The second-order valence-electron chi connectivity index (χ2n) is 7.21. The van der Waals surface area contributed by atoms with Crippen LogP contribution in [0.25, 0.3) is 0 Å². The van der Waals surface area contributed by atoms with Crippen LogP contribution < -0.4 is 10.6 Å². The molecule has 7 heteroatoms. The molecule has 0 radical (unpaired) electrons. The summed E-state index contributed by atoms with van der Waals surface area (Å²) in [7, 11) is 0. The molecule has 2 aromatic rings. The lowest BCUT2D eigenvalue weighted by Crippen LogP contribution is -2.41. The molecule has 0 saturated carbocycles. The SMILES string of the molecule is CSc1ccccc1CN1CCC(CNC(=O)C(=O)Nc2cccc(F)c2)CC1. The number of carbonyl (C=O) groups is 2. The number of piperidine rings is 1. The van der Waals surface area contributed by atoms with Crippen LogP contribution in [0, 0.1) is 11.7 Å². The minimum Gasteiger partial charge on any atom is -0.348 e. The summed E-state index contributed by atoms with van der Waals surface area (Å²) in [5, 5.41) is 5.12. The third-order valence-corrected chi connectivity index (χ3v) is 5.97. The van der Waals surface area contributed by atoms with Crippen molar-refractivity contribution in [1.29, 1.82) is 0 Å². The van der Waals surface area contributed by atoms with Gasteiger partial charge in [0, 0.05) is 23.7 Å². The van der Waals surface area contributed by atoms with Gasteiger partial charge in [0.25, 0.3) is 0 Å². The highest BCUT2D eigenvalue weighted by Gasteiger charge is 2.22. The van der Waals surface area contributed by atoms with Crippen molar-refractivity contribution in [1.82, 2.24) is 10.2 Å². The van der Waals surface area contributed by atoms with Crippen LogP contribution in [-0.2, 0) is 16.1 Å². The molecule has 154 valence electrons. The first-order valence-corrected chi connectivity index (χ1v) is 11.0. The van der Waals surface area contributed by atoms with Gasteiger partial charge >= 0.3 is 11.8 Å². The molecule has 2 N–H and O–H groups in total. The molecule has 2 amide bonds. The summed E-state index contributed by atoms with van der Waals surface area (Å²) < 4.78 is 13.2. The molecule has 0 aliphatic carbocycles. The Bertz CT molecular complexity index is 853. The molecule has 29 heavy (non-hydrogen) atoms. The standard InChI is InChI=1S/C22H26FN3O2S/c1-29-20-8-3-2-5-17(20)15-26-11-9-16(10-12-26)14-24-21(27)22(28)25-19-7-4-6-18(23)13-19/h2-8,13,16H,9-12,14-15H2,1H3,(H,24,27)(H,25,28). The third-order valence-electron chi connectivity index (χ3n) is 5.13. The highest BCUT2D eigenvalue weighted by molar-refractivity contribution is 7.98. The van der Waals surface area contributed by atoms with Gasteiger partial charge in [-0.15, -0.1) is 11.8 Å². The zero-order chi connectivity index (χ0) is 20.6. The quantitative estimate of drug-likeness (QED) is 0.560. The molecule has 1 saturated heterocycles. The normalized spacial score (nSPS) is 15.1. The Morgan fingerprint density at radius 2 is 1.86 bits per heavy atom. The fourth-order valence-corrected chi connectivity index (χ4v) is 4.10. The summed E-state index contributed by atoms with van der Waals surface area (Å²) in [6.07, 6.45) is 4.05. The van der Waals surface area contributed by atoms with E-state index in [2.05, 4.69) is 46.1 Å². The van der Waals surface area contributed by atoms with E-state index in [0.29, 0.717) is 12.5 Å². The van der Waals surface area contributed by atoms with E-state index in [4.69, 9.17) is 0 Å². The van der Waals surface area contributed by atoms with E-state index < -0.39 is 17.6 Å². The van der Waals surface area contributed by atoms with Gasteiger partial charge < -0.3 is 10.6 Å². The molecule has 3 rings (SSSR count). The fraction of sp³-hybridized carbons (Fsp3) is 0.364. The molecular weight excluding hydrogens is 389 g/mol. The molecule has 1 aliphatic heterocycles. The molecule has 0 atom stereocenters. The minimum absolute atomic E-state index is 0.268. The Labute approximate surface area is 175 Å². The van der Waals surface area contributed by atoms with Gasteiger partial charge in [0.2, 0.25) is 0 Å². The largest absolute Gasteiger partial charge is 0.348 e. The average molecular weight is 416 g/mol. The van der Waals surface area contributed by atoms with Crippen LogP contribution in [0.4, 0.5) is 10.1 Å². The molecule has 0 aromatic heterocycles. The van der Waals surface area contributed by atoms with Gasteiger partial charge in [-0.2, -0.15) is 0 Å². The van der Waals surface area contributed by atoms with Crippen LogP contribution in [0.1, 0.15) is 18.4 Å². The van der Waals surface area contributed by atoms with Crippen molar-refractivity contribution in [3.63, 3.8) is 0 Å². The first-order valence-electron chi connectivity index (χ1n) is 9.74. The van der Waals surface area contributed by atoms with E-state index >= 15 is 0 Å². The minimum atomic E-state index is -0.776. The van der Waals surface area contributed by atoms with Crippen molar-refractivity contribution in [2.75, 3.05) is 31.2 Å². The number of nitrogens with zero attached hydrogens (tertiary/aromatic N) is 1. The number of benzene rings is 2. The number of rotatable bonds is 6. The molecule has 1 heterocycles. The van der Waals surface area contributed by atoms with Crippen LogP contribution in [0.15, 0.2) is 53.4 Å². The molecule has 2 aromatic carbocycles. The zero-order valence-electron chi connectivity index (χ0n) is 16.5. The van der Waals surface area contributed by atoms with Crippen molar-refractivity contribution in [3.8, 4) is 0 Å². The predicted molar refractivity (Wildman–Crippen MR) is 114 cm³/mol. The number of hydrogen-bond donors (Lipinski definition) is 2. The first kappa shape index (κ1) is 21.3. The van der Waals surface area contributed by atoms with Crippen molar-refractivity contribution in [2.45, 2.75) is 24.3 Å². The summed E-state index contributed by atoms with van der Waals surface area (Å²) in [6.45, 7) is 3.36. The van der Waals surface area contributed by atoms with Crippen LogP contribution in [-0.4, -0.2) is 42.6 Å². The maximum atomic E-state index is 13.2. The summed E-state index contributed by atoms with van der Waals surface area (Å²) in [5.41, 5.74) is 1.62. The van der Waals surface area contributed by atoms with E-state index in [1.807, 2.05) is 0 Å². The molecule has 0 bridgehead atoms. The smallest absolute Gasteiger partial charge is 0.313 e. The molecule has 1 aliphatic rings. The second kappa shape index (κ2) is 10.4. The van der Waals surface area contributed by atoms with Gasteiger partial charge in [0.05, 0.1) is 0 Å². The van der Waals surface area contributed by atoms with Crippen molar-refractivity contribution in [2.24, 2.45) is 5.92 Å². The van der Waals surface area contributed by atoms with Gasteiger partial charge in [-0.05, 0) is 67.9 Å². The van der Waals surface area contributed by atoms with E-state index in [1.54, 1.807) is 17.8 Å².